The van der Waals surface area contributed by atoms with Gasteiger partial charge in [-0.05, 0) is 42.0 Å². The quantitative estimate of drug-likeness (QED) is 0.267. The molecule has 0 N–H and O–H groups in total. The first-order valence-electron chi connectivity index (χ1n) is 10.8. The number of aryl methyl sites for hydroxylation is 1. The van der Waals surface area contributed by atoms with Gasteiger partial charge in [0.15, 0.2) is 5.65 Å². The molecule has 0 atom stereocenters. The van der Waals surface area contributed by atoms with Crippen molar-refractivity contribution in [3.05, 3.63) is 93.1 Å². The Morgan fingerprint density at radius 3 is 2.03 bits per heavy atom. The number of alkyl halides is 3. The van der Waals surface area contributed by atoms with E-state index in [0.29, 0.717) is 43.8 Å². The van der Waals surface area contributed by atoms with Gasteiger partial charge in [-0.1, -0.05) is 47.5 Å². The molecule has 2 aromatic carbocycles. The number of pyridine rings is 1. The van der Waals surface area contributed by atoms with Crippen molar-refractivity contribution in [3.8, 4) is 22.4 Å². The molecule has 0 unspecified atom stereocenters. The zero-order valence-electron chi connectivity index (χ0n) is 19.3. The summed E-state index contributed by atoms with van der Waals surface area (Å²) in [6.07, 6.45) is -3.50. The van der Waals surface area contributed by atoms with Crippen LogP contribution in [0.3, 0.4) is 0 Å². The Bertz CT molecular complexity index is 1660. The molecule has 12 heteroatoms. The third kappa shape index (κ3) is 4.54. The number of nitrogens with zero attached hydrogens (tertiary/aromatic N) is 6. The molecule has 0 saturated heterocycles. The van der Waals surface area contributed by atoms with E-state index in [1.165, 1.54) is 27.1 Å². The first-order chi connectivity index (χ1) is 17.5. The van der Waals surface area contributed by atoms with E-state index in [9.17, 15) is 18.0 Å². The molecule has 0 aliphatic rings. The van der Waals surface area contributed by atoms with Gasteiger partial charge in [0.2, 0.25) is 5.95 Å². The van der Waals surface area contributed by atoms with Gasteiger partial charge in [0, 0.05) is 29.7 Å². The molecule has 0 bridgehead atoms. The first kappa shape index (κ1) is 24.8. The van der Waals surface area contributed by atoms with Crippen molar-refractivity contribution in [2.24, 2.45) is 7.05 Å². The normalized spacial score (nSPS) is 11.8. The predicted octanol–water partition coefficient (Wildman–Crippen LogP) is 6.25. The van der Waals surface area contributed by atoms with Gasteiger partial charge in [0.25, 0.3) is 0 Å². The molecule has 7 nitrogen and oxygen atoms in total. The SMILES string of the molecule is CN(c1ccc(C(F)(F)F)nc1)c1nc(-c2ccc(Cl)cc2)c(-c2ccc(Cl)cc2)c2nn(C)c(=O)n12. The summed E-state index contributed by atoms with van der Waals surface area (Å²) >= 11 is 12.2. The summed E-state index contributed by atoms with van der Waals surface area (Å²) in [7, 11) is 3.09. The lowest BCUT2D eigenvalue weighted by Gasteiger charge is -2.21. The van der Waals surface area contributed by atoms with E-state index >= 15 is 0 Å². The van der Waals surface area contributed by atoms with Crippen molar-refractivity contribution in [1.29, 1.82) is 0 Å². The number of fused-ring (bicyclic) bond motifs is 1. The average molecular weight is 545 g/mol. The van der Waals surface area contributed by atoms with E-state index in [4.69, 9.17) is 28.2 Å². The molecule has 188 valence electrons. The van der Waals surface area contributed by atoms with Crippen molar-refractivity contribution in [1.82, 2.24) is 24.1 Å². The van der Waals surface area contributed by atoms with Crippen LogP contribution < -0.4 is 10.6 Å². The highest BCUT2D eigenvalue weighted by atomic mass is 35.5. The van der Waals surface area contributed by atoms with Crippen LogP contribution in [0, 0.1) is 0 Å². The Kier molecular flexibility index (Phi) is 6.17. The zero-order chi connectivity index (χ0) is 26.5. The minimum absolute atomic E-state index is 0.136. The minimum Gasteiger partial charge on any atom is -0.313 e. The summed E-state index contributed by atoms with van der Waals surface area (Å²) < 4.78 is 41.6. The van der Waals surface area contributed by atoms with Crippen LogP contribution in [0.2, 0.25) is 10.0 Å². The second kappa shape index (κ2) is 9.20. The van der Waals surface area contributed by atoms with Crippen LogP contribution >= 0.6 is 23.2 Å². The lowest BCUT2D eigenvalue weighted by atomic mass is 10.00. The van der Waals surface area contributed by atoms with Gasteiger partial charge in [-0.25, -0.2) is 23.8 Å². The molecule has 0 saturated carbocycles. The van der Waals surface area contributed by atoms with E-state index in [1.807, 2.05) is 0 Å². The summed E-state index contributed by atoms with van der Waals surface area (Å²) in [5.41, 5.74) is 1.54. The van der Waals surface area contributed by atoms with E-state index < -0.39 is 17.6 Å². The maximum atomic E-state index is 13.2. The fourth-order valence-corrected chi connectivity index (χ4v) is 4.16. The smallest absolute Gasteiger partial charge is 0.313 e. The van der Waals surface area contributed by atoms with Crippen molar-refractivity contribution in [2.45, 2.75) is 6.18 Å². The molecule has 5 rings (SSSR count). The predicted molar refractivity (Wildman–Crippen MR) is 136 cm³/mol. The zero-order valence-corrected chi connectivity index (χ0v) is 20.8. The Labute approximate surface area is 218 Å². The molecule has 0 fully saturated rings. The molecule has 0 spiro atoms. The highest BCUT2D eigenvalue weighted by Crippen LogP contribution is 2.37. The molecule has 37 heavy (non-hydrogen) atoms. The fourth-order valence-electron chi connectivity index (χ4n) is 3.91. The maximum Gasteiger partial charge on any atom is 0.433 e. The Morgan fingerprint density at radius 2 is 1.49 bits per heavy atom. The van der Waals surface area contributed by atoms with Crippen LogP contribution in [0.15, 0.2) is 71.7 Å². The van der Waals surface area contributed by atoms with Crippen LogP contribution in [0.25, 0.3) is 28.0 Å². The largest absolute Gasteiger partial charge is 0.433 e. The Balaban J connectivity index is 1.81. The van der Waals surface area contributed by atoms with Gasteiger partial charge in [-0.2, -0.15) is 13.2 Å². The van der Waals surface area contributed by atoms with Gasteiger partial charge in [-0.3, -0.25) is 0 Å². The highest BCUT2D eigenvalue weighted by Gasteiger charge is 2.32. The van der Waals surface area contributed by atoms with E-state index in [0.717, 1.165) is 12.3 Å². The molecular formula is C25H17Cl2F3N6O. The molecule has 5 aromatic rings. The number of halogens is 5. The van der Waals surface area contributed by atoms with Gasteiger partial charge >= 0.3 is 11.9 Å². The summed E-state index contributed by atoms with van der Waals surface area (Å²) in [4.78, 5) is 23.0. The third-order valence-electron chi connectivity index (χ3n) is 5.77. The van der Waals surface area contributed by atoms with Crippen LogP contribution in [0.4, 0.5) is 24.8 Å². The molecular weight excluding hydrogens is 528 g/mol. The minimum atomic E-state index is -4.58. The monoisotopic (exact) mass is 544 g/mol. The maximum absolute atomic E-state index is 13.2. The molecule has 3 aromatic heterocycles. The molecule has 0 aliphatic heterocycles. The van der Waals surface area contributed by atoms with Gasteiger partial charge in [-0.15, -0.1) is 5.10 Å². The summed E-state index contributed by atoms with van der Waals surface area (Å²) in [6, 6.07) is 16.1. The lowest BCUT2D eigenvalue weighted by molar-refractivity contribution is -0.141. The van der Waals surface area contributed by atoms with Crippen LogP contribution in [0.5, 0.6) is 0 Å². The van der Waals surface area contributed by atoms with Crippen LogP contribution in [-0.4, -0.2) is 31.2 Å². The Hall–Kier alpha value is -3.89. The van der Waals surface area contributed by atoms with Crippen LogP contribution in [-0.2, 0) is 13.2 Å². The number of benzene rings is 2. The van der Waals surface area contributed by atoms with Gasteiger partial charge < -0.3 is 4.90 Å². The third-order valence-corrected chi connectivity index (χ3v) is 6.28. The summed E-state index contributed by atoms with van der Waals surface area (Å²) in [5, 5.41) is 5.54. The summed E-state index contributed by atoms with van der Waals surface area (Å²) in [5.74, 6) is 0.136. The molecule has 0 radical (unpaired) electrons. The van der Waals surface area contributed by atoms with Crippen molar-refractivity contribution in [3.63, 3.8) is 0 Å². The molecule has 0 aliphatic carbocycles. The van der Waals surface area contributed by atoms with E-state index in [2.05, 4.69) is 10.1 Å². The highest BCUT2D eigenvalue weighted by molar-refractivity contribution is 6.31. The van der Waals surface area contributed by atoms with Crippen molar-refractivity contribution < 1.29 is 13.2 Å². The van der Waals surface area contributed by atoms with Gasteiger partial charge in [0.05, 0.1) is 23.1 Å². The second-order valence-electron chi connectivity index (χ2n) is 8.17. The number of anilines is 2. The summed E-state index contributed by atoms with van der Waals surface area (Å²) in [6.45, 7) is 0. The Morgan fingerprint density at radius 1 is 0.892 bits per heavy atom. The van der Waals surface area contributed by atoms with Crippen molar-refractivity contribution in [2.75, 3.05) is 11.9 Å². The standard InChI is InChI=1S/C25H17Cl2F3N6O/c1-34(18-11-12-19(31-13-18)25(28,29)30)23-32-21(15-5-9-17(27)10-6-15)20(14-3-7-16(26)8-4-14)22-33-35(2)24(37)36(22)23/h3-13H,1-2H3. The molecule has 0 amide bonds. The van der Waals surface area contributed by atoms with E-state index in [1.54, 1.807) is 55.6 Å². The van der Waals surface area contributed by atoms with Crippen molar-refractivity contribution >= 4 is 40.5 Å². The number of hydrogen-bond acceptors (Lipinski definition) is 5. The number of hydrogen-bond donors (Lipinski definition) is 0. The topological polar surface area (TPSA) is 68.3 Å². The van der Waals surface area contributed by atoms with Crippen LogP contribution in [0.1, 0.15) is 5.69 Å². The van der Waals surface area contributed by atoms with E-state index in [-0.39, 0.29) is 5.95 Å². The average Bonchev–Trinajstić information content (AvgIpc) is 3.17. The number of aromatic nitrogens is 5. The second-order valence-corrected chi connectivity index (χ2v) is 9.05. The van der Waals surface area contributed by atoms with Gasteiger partial charge in [0.1, 0.15) is 5.69 Å². The number of rotatable bonds is 4. The first-order valence-corrected chi connectivity index (χ1v) is 11.6. The molecule has 3 heterocycles. The fraction of sp³-hybridized carbons (Fsp3) is 0.120. The lowest BCUT2D eigenvalue weighted by Crippen LogP contribution is -2.25.